The van der Waals surface area contributed by atoms with E-state index in [4.69, 9.17) is 17.3 Å². The number of benzene rings is 2. The van der Waals surface area contributed by atoms with Gasteiger partial charge in [0.15, 0.2) is 5.65 Å². The lowest BCUT2D eigenvalue weighted by molar-refractivity contribution is 0.251. The standard InChI is InChI=1S/C18H13ClN6O/c19-12-8-6-11(7-9-12)15-14-16(20)21-10-22-17(14)25(24-15)18(26)23-13-4-2-1-3-5-13/h1-10H,(H,23,26)(H2,20,21,22). The van der Waals surface area contributed by atoms with E-state index < -0.39 is 6.03 Å². The maximum absolute atomic E-state index is 12.7. The van der Waals surface area contributed by atoms with Crippen LogP contribution in [0.5, 0.6) is 0 Å². The van der Waals surface area contributed by atoms with Crippen LogP contribution in [-0.2, 0) is 0 Å². The zero-order valence-electron chi connectivity index (χ0n) is 13.4. The summed E-state index contributed by atoms with van der Waals surface area (Å²) in [6.07, 6.45) is 1.30. The highest BCUT2D eigenvalue weighted by molar-refractivity contribution is 6.30. The van der Waals surface area contributed by atoms with Crippen molar-refractivity contribution in [3.63, 3.8) is 0 Å². The minimum Gasteiger partial charge on any atom is -0.383 e. The first-order valence-corrected chi connectivity index (χ1v) is 8.13. The van der Waals surface area contributed by atoms with E-state index in [-0.39, 0.29) is 5.82 Å². The number of para-hydroxylation sites is 1. The number of nitrogen functional groups attached to an aromatic ring is 1. The molecule has 0 aliphatic rings. The van der Waals surface area contributed by atoms with Gasteiger partial charge in [0.05, 0.1) is 5.39 Å². The number of anilines is 2. The van der Waals surface area contributed by atoms with Crippen molar-refractivity contribution in [3.05, 3.63) is 65.9 Å². The molecule has 0 radical (unpaired) electrons. The highest BCUT2D eigenvalue weighted by Crippen LogP contribution is 2.30. The van der Waals surface area contributed by atoms with Gasteiger partial charge in [-0.1, -0.05) is 41.9 Å². The molecule has 2 heterocycles. The Bertz CT molecular complexity index is 1090. The average Bonchev–Trinajstić information content (AvgIpc) is 3.04. The molecule has 7 nitrogen and oxygen atoms in total. The van der Waals surface area contributed by atoms with Crippen molar-refractivity contribution in [3.8, 4) is 11.3 Å². The van der Waals surface area contributed by atoms with E-state index in [0.29, 0.717) is 27.4 Å². The number of carbonyl (C=O) groups is 1. The van der Waals surface area contributed by atoms with Crippen molar-refractivity contribution in [2.75, 3.05) is 11.1 Å². The first kappa shape index (κ1) is 16.0. The van der Waals surface area contributed by atoms with E-state index in [9.17, 15) is 4.79 Å². The van der Waals surface area contributed by atoms with Crippen molar-refractivity contribution in [2.24, 2.45) is 0 Å². The summed E-state index contributed by atoms with van der Waals surface area (Å²) in [5.74, 6) is 0.249. The van der Waals surface area contributed by atoms with Crippen LogP contribution < -0.4 is 11.1 Å². The summed E-state index contributed by atoms with van der Waals surface area (Å²) in [7, 11) is 0. The molecule has 0 aliphatic carbocycles. The summed E-state index contributed by atoms with van der Waals surface area (Å²) in [6, 6.07) is 15.7. The molecule has 0 bridgehead atoms. The first-order valence-electron chi connectivity index (χ1n) is 7.75. The molecule has 0 aliphatic heterocycles. The van der Waals surface area contributed by atoms with Gasteiger partial charge < -0.3 is 11.1 Å². The maximum atomic E-state index is 12.7. The lowest BCUT2D eigenvalue weighted by Gasteiger charge is -2.04. The molecule has 8 heteroatoms. The number of carbonyl (C=O) groups excluding carboxylic acids is 1. The minimum absolute atomic E-state index is 0.249. The van der Waals surface area contributed by atoms with E-state index in [2.05, 4.69) is 20.4 Å². The molecular formula is C18H13ClN6O. The summed E-state index contributed by atoms with van der Waals surface area (Å²) >= 11 is 5.96. The van der Waals surface area contributed by atoms with Gasteiger partial charge in [-0.2, -0.15) is 9.78 Å². The highest BCUT2D eigenvalue weighted by atomic mass is 35.5. The summed E-state index contributed by atoms with van der Waals surface area (Å²) < 4.78 is 1.18. The second-order valence-corrected chi connectivity index (χ2v) is 5.96. The Morgan fingerprint density at radius 1 is 1.04 bits per heavy atom. The Kier molecular flexibility index (Phi) is 3.98. The number of nitrogens with one attached hydrogen (secondary N) is 1. The summed E-state index contributed by atoms with van der Waals surface area (Å²) in [4.78, 5) is 20.9. The zero-order valence-corrected chi connectivity index (χ0v) is 14.2. The quantitative estimate of drug-likeness (QED) is 0.563. The van der Waals surface area contributed by atoms with Crippen LogP contribution in [0.1, 0.15) is 0 Å². The second kappa shape index (κ2) is 6.45. The van der Waals surface area contributed by atoms with Crippen LogP contribution in [0.15, 0.2) is 60.9 Å². The SMILES string of the molecule is Nc1ncnc2c1c(-c1ccc(Cl)cc1)nn2C(=O)Nc1ccccc1. The number of amides is 1. The maximum Gasteiger partial charge on any atom is 0.348 e. The lowest BCUT2D eigenvalue weighted by Crippen LogP contribution is -2.21. The van der Waals surface area contributed by atoms with Gasteiger partial charge in [0.2, 0.25) is 0 Å². The van der Waals surface area contributed by atoms with E-state index in [1.54, 1.807) is 36.4 Å². The van der Waals surface area contributed by atoms with E-state index >= 15 is 0 Å². The Morgan fingerprint density at radius 2 is 1.77 bits per heavy atom. The first-order chi connectivity index (χ1) is 12.6. The third-order valence-electron chi connectivity index (χ3n) is 3.83. The third-order valence-corrected chi connectivity index (χ3v) is 4.08. The van der Waals surface area contributed by atoms with Crippen LogP contribution in [0.25, 0.3) is 22.3 Å². The predicted molar refractivity (Wildman–Crippen MR) is 101 cm³/mol. The lowest BCUT2D eigenvalue weighted by atomic mass is 10.1. The molecule has 2 aromatic heterocycles. The second-order valence-electron chi connectivity index (χ2n) is 5.52. The van der Waals surface area contributed by atoms with Crippen molar-refractivity contribution in [1.82, 2.24) is 19.7 Å². The van der Waals surface area contributed by atoms with Crippen LogP contribution >= 0.6 is 11.6 Å². The average molecular weight is 365 g/mol. The van der Waals surface area contributed by atoms with E-state index in [1.807, 2.05) is 18.2 Å². The molecule has 4 aromatic rings. The Hall–Kier alpha value is -3.45. The summed E-state index contributed by atoms with van der Waals surface area (Å²) in [5, 5.41) is 8.32. The Morgan fingerprint density at radius 3 is 2.50 bits per heavy atom. The third kappa shape index (κ3) is 2.84. The summed E-state index contributed by atoms with van der Waals surface area (Å²) in [5.41, 5.74) is 8.28. The van der Waals surface area contributed by atoms with Crippen LogP contribution in [0.2, 0.25) is 5.02 Å². The number of aromatic nitrogens is 4. The zero-order chi connectivity index (χ0) is 18.1. The molecule has 128 valence electrons. The van der Waals surface area contributed by atoms with E-state index in [1.165, 1.54) is 11.0 Å². The normalized spacial score (nSPS) is 10.8. The van der Waals surface area contributed by atoms with Crippen LogP contribution in [-0.4, -0.2) is 25.8 Å². The fraction of sp³-hybridized carbons (Fsp3) is 0. The molecule has 0 spiro atoms. The molecule has 4 rings (SSSR count). The van der Waals surface area contributed by atoms with Crippen LogP contribution in [0, 0.1) is 0 Å². The van der Waals surface area contributed by atoms with Crippen molar-refractivity contribution in [1.29, 1.82) is 0 Å². The molecule has 3 N–H and O–H groups in total. The molecule has 0 fully saturated rings. The van der Waals surface area contributed by atoms with Gasteiger partial charge >= 0.3 is 6.03 Å². The molecular weight excluding hydrogens is 352 g/mol. The molecule has 0 atom stereocenters. The number of hydrogen-bond donors (Lipinski definition) is 2. The van der Waals surface area contributed by atoms with Gasteiger partial charge in [0, 0.05) is 16.3 Å². The minimum atomic E-state index is -0.445. The molecule has 1 amide bonds. The Balaban J connectivity index is 1.84. The van der Waals surface area contributed by atoms with Crippen molar-refractivity contribution in [2.45, 2.75) is 0 Å². The smallest absolute Gasteiger partial charge is 0.348 e. The van der Waals surface area contributed by atoms with Gasteiger partial charge in [-0.15, -0.1) is 0 Å². The predicted octanol–water partition coefficient (Wildman–Crippen LogP) is 3.81. The van der Waals surface area contributed by atoms with Crippen molar-refractivity contribution < 1.29 is 4.79 Å². The Labute approximate surface area is 153 Å². The number of rotatable bonds is 2. The fourth-order valence-electron chi connectivity index (χ4n) is 2.62. The van der Waals surface area contributed by atoms with Gasteiger partial charge in [-0.05, 0) is 24.3 Å². The molecule has 0 saturated heterocycles. The van der Waals surface area contributed by atoms with Gasteiger partial charge in [-0.25, -0.2) is 14.8 Å². The number of fused-ring (bicyclic) bond motifs is 1. The fourth-order valence-corrected chi connectivity index (χ4v) is 2.75. The molecule has 0 unspecified atom stereocenters. The molecule has 2 aromatic carbocycles. The topological polar surface area (TPSA) is 98.7 Å². The number of nitrogens with two attached hydrogens (primary N) is 1. The van der Waals surface area contributed by atoms with E-state index in [0.717, 1.165) is 5.56 Å². The monoisotopic (exact) mass is 364 g/mol. The number of halogens is 1. The molecule has 0 saturated carbocycles. The number of hydrogen-bond acceptors (Lipinski definition) is 5. The molecule has 26 heavy (non-hydrogen) atoms. The number of nitrogens with zero attached hydrogens (tertiary/aromatic N) is 4. The van der Waals surface area contributed by atoms with Gasteiger partial charge in [-0.3, -0.25) is 0 Å². The van der Waals surface area contributed by atoms with Gasteiger partial charge in [0.25, 0.3) is 0 Å². The van der Waals surface area contributed by atoms with Crippen molar-refractivity contribution >= 4 is 40.2 Å². The van der Waals surface area contributed by atoms with Crippen LogP contribution in [0.3, 0.4) is 0 Å². The van der Waals surface area contributed by atoms with Crippen LogP contribution in [0.4, 0.5) is 16.3 Å². The largest absolute Gasteiger partial charge is 0.383 e. The van der Waals surface area contributed by atoms with Gasteiger partial charge in [0.1, 0.15) is 17.8 Å². The highest BCUT2D eigenvalue weighted by Gasteiger charge is 2.20. The summed E-state index contributed by atoms with van der Waals surface area (Å²) in [6.45, 7) is 0.